The van der Waals surface area contributed by atoms with Crippen LogP contribution >= 0.6 is 7.82 Å². The maximum absolute atomic E-state index is 12.5. The van der Waals surface area contributed by atoms with Gasteiger partial charge in [-0.2, -0.15) is 0 Å². The topological polar surface area (TPSA) is 119 Å². The van der Waals surface area contributed by atoms with Crippen molar-refractivity contribution in [1.82, 2.24) is 0 Å². The molecule has 0 aliphatic carbocycles. The zero-order chi connectivity index (χ0) is 43.2. The third-order valence-corrected chi connectivity index (χ3v) is 11.7. The fourth-order valence-corrected chi connectivity index (χ4v) is 7.83. The summed E-state index contributed by atoms with van der Waals surface area (Å²) in [6.07, 6.45) is 54.8. The maximum atomic E-state index is 12.5. The van der Waals surface area contributed by atoms with Crippen molar-refractivity contribution in [3.63, 3.8) is 0 Å². The summed E-state index contributed by atoms with van der Waals surface area (Å²) in [5.41, 5.74) is 0. The minimum absolute atomic E-state index is 0.210. The molecule has 1 atom stereocenters. The minimum atomic E-state index is -4.76. The Labute approximate surface area is 364 Å². The quantitative estimate of drug-likeness (QED) is 0.0269. The third kappa shape index (κ3) is 49.1. The van der Waals surface area contributed by atoms with Crippen molar-refractivity contribution in [2.75, 3.05) is 13.2 Å². The van der Waals surface area contributed by atoms with Crippen LogP contribution in [0.4, 0.5) is 0 Å². The Morgan fingerprint density at radius 3 is 1.15 bits per heavy atom. The highest BCUT2D eigenvalue weighted by Crippen LogP contribution is 2.36. The summed E-state index contributed by atoms with van der Waals surface area (Å²) in [5, 5.41) is 0. The highest BCUT2D eigenvalue weighted by atomic mass is 31.2. The largest absolute Gasteiger partial charge is 0.469 e. The number of hydrogen-bond acceptors (Lipinski definition) is 6. The predicted octanol–water partition coefficient (Wildman–Crippen LogP) is 15.9. The molecule has 0 rings (SSSR count). The van der Waals surface area contributed by atoms with E-state index in [1.165, 1.54) is 180 Å². The number of unbranched alkanes of at least 4 members (excludes halogenated alkanes) is 33. The molecule has 2 N–H and O–H groups in total. The van der Waals surface area contributed by atoms with Gasteiger partial charge in [0.1, 0.15) is 6.61 Å². The van der Waals surface area contributed by atoms with Crippen LogP contribution in [0.25, 0.3) is 0 Å². The fourth-order valence-electron chi connectivity index (χ4n) is 7.47. The van der Waals surface area contributed by atoms with Gasteiger partial charge in [0.05, 0.1) is 6.61 Å². The second-order valence-electron chi connectivity index (χ2n) is 17.2. The molecule has 0 radical (unpaired) electrons. The molecule has 0 bridgehead atoms. The SMILES string of the molecule is CCCCC/C=C/C/C=C/CCCCCCCCCCCC(=O)O[C@H](COC(=O)CCCCCCCCCCCCCCCCCCCCCCCC)COP(=O)(O)O. The number of rotatable bonds is 47. The van der Waals surface area contributed by atoms with Crippen molar-refractivity contribution >= 4 is 19.8 Å². The van der Waals surface area contributed by atoms with Crippen LogP contribution in [0.3, 0.4) is 0 Å². The molecule has 8 nitrogen and oxygen atoms in total. The predicted molar refractivity (Wildman–Crippen MR) is 249 cm³/mol. The molecule has 0 saturated carbocycles. The zero-order valence-electron chi connectivity index (χ0n) is 38.7. The molecule has 9 heteroatoms. The van der Waals surface area contributed by atoms with E-state index < -0.39 is 32.5 Å². The summed E-state index contributed by atoms with van der Waals surface area (Å²) in [4.78, 5) is 43.1. The first-order valence-corrected chi connectivity index (χ1v) is 26.7. The van der Waals surface area contributed by atoms with Crippen molar-refractivity contribution in [3.05, 3.63) is 24.3 Å². The fraction of sp³-hybridized carbons (Fsp3) is 0.880. The van der Waals surface area contributed by atoms with E-state index >= 15 is 0 Å². The molecular weight excluding hydrogens is 760 g/mol. The smallest absolute Gasteiger partial charge is 0.462 e. The van der Waals surface area contributed by atoms with E-state index in [1.807, 2.05) is 0 Å². The van der Waals surface area contributed by atoms with Crippen LogP contribution in [0.1, 0.15) is 264 Å². The van der Waals surface area contributed by atoms with Crippen molar-refractivity contribution in [1.29, 1.82) is 0 Å². The average Bonchev–Trinajstić information content (AvgIpc) is 3.21. The summed E-state index contributed by atoms with van der Waals surface area (Å²) in [6.45, 7) is 3.71. The van der Waals surface area contributed by atoms with E-state index in [2.05, 4.69) is 42.7 Å². The molecule has 0 aromatic rings. The van der Waals surface area contributed by atoms with E-state index in [9.17, 15) is 14.2 Å². The molecule has 348 valence electrons. The average molecular weight is 855 g/mol. The Morgan fingerprint density at radius 2 is 0.763 bits per heavy atom. The lowest BCUT2D eigenvalue weighted by molar-refractivity contribution is -0.161. The molecule has 59 heavy (non-hydrogen) atoms. The molecular formula is C50H95O8P. The highest BCUT2D eigenvalue weighted by molar-refractivity contribution is 7.46. The molecule has 0 aromatic heterocycles. The van der Waals surface area contributed by atoms with Gasteiger partial charge >= 0.3 is 19.8 Å². The molecule has 0 saturated heterocycles. The van der Waals surface area contributed by atoms with Crippen LogP contribution in [0.5, 0.6) is 0 Å². The van der Waals surface area contributed by atoms with Crippen LogP contribution in [-0.4, -0.2) is 41.0 Å². The van der Waals surface area contributed by atoms with Gasteiger partial charge in [-0.15, -0.1) is 0 Å². The maximum Gasteiger partial charge on any atom is 0.469 e. The van der Waals surface area contributed by atoms with Crippen molar-refractivity contribution in [2.45, 2.75) is 270 Å². The number of carbonyl (C=O) groups is 2. The summed E-state index contributed by atoms with van der Waals surface area (Å²) in [5.74, 6) is -0.874. The number of phosphoric ester groups is 1. The second kappa shape index (κ2) is 46.0. The molecule has 0 spiro atoms. The van der Waals surface area contributed by atoms with Crippen LogP contribution in [0.15, 0.2) is 24.3 Å². The van der Waals surface area contributed by atoms with E-state index in [0.717, 1.165) is 51.4 Å². The van der Waals surface area contributed by atoms with Crippen molar-refractivity contribution < 1.29 is 37.9 Å². The summed E-state index contributed by atoms with van der Waals surface area (Å²) in [7, 11) is -4.76. The standard InChI is InChI=1S/C50H95O8P/c1-3-5-7-9-11-13-15-17-19-21-23-24-25-27-28-30-32-34-36-38-40-42-44-49(51)56-46-48(47-57-59(53,54)55)58-50(52)45-43-41-39-37-35-33-31-29-26-22-20-18-16-14-12-10-8-6-4-2/h12,14,18,20,48H,3-11,13,15-17,19,21-47H2,1-2H3,(H2,53,54,55)/b14-12+,20-18+/t48-/m1/s1. The Bertz CT molecular complexity index is 1010. The lowest BCUT2D eigenvalue weighted by atomic mass is 10.0. The van der Waals surface area contributed by atoms with Gasteiger partial charge in [0, 0.05) is 12.8 Å². The third-order valence-electron chi connectivity index (χ3n) is 11.2. The lowest BCUT2D eigenvalue weighted by Crippen LogP contribution is -2.29. The monoisotopic (exact) mass is 855 g/mol. The van der Waals surface area contributed by atoms with Gasteiger partial charge in [-0.3, -0.25) is 14.1 Å². The second-order valence-corrected chi connectivity index (χ2v) is 18.4. The number of ether oxygens (including phenoxy) is 2. The van der Waals surface area contributed by atoms with Gasteiger partial charge in [0.2, 0.25) is 0 Å². The van der Waals surface area contributed by atoms with Gasteiger partial charge in [-0.1, -0.05) is 231 Å². The molecule has 0 unspecified atom stereocenters. The number of phosphoric acid groups is 1. The van der Waals surface area contributed by atoms with Crippen molar-refractivity contribution in [2.24, 2.45) is 0 Å². The van der Waals surface area contributed by atoms with Crippen LogP contribution in [0, 0.1) is 0 Å². The van der Waals surface area contributed by atoms with Gasteiger partial charge in [0.25, 0.3) is 0 Å². The van der Waals surface area contributed by atoms with Crippen LogP contribution in [0.2, 0.25) is 0 Å². The Balaban J connectivity index is 3.79. The molecule has 0 aliphatic heterocycles. The Hall–Kier alpha value is -1.47. The van der Waals surface area contributed by atoms with E-state index in [-0.39, 0.29) is 19.4 Å². The molecule has 0 aromatic carbocycles. The lowest BCUT2D eigenvalue weighted by Gasteiger charge is -2.18. The van der Waals surface area contributed by atoms with Crippen LogP contribution < -0.4 is 0 Å². The van der Waals surface area contributed by atoms with Crippen LogP contribution in [-0.2, 0) is 28.2 Å². The van der Waals surface area contributed by atoms with Gasteiger partial charge in [0.15, 0.2) is 6.10 Å². The summed E-state index contributed by atoms with van der Waals surface area (Å²) >= 11 is 0. The van der Waals surface area contributed by atoms with Gasteiger partial charge < -0.3 is 19.3 Å². The number of esters is 2. The van der Waals surface area contributed by atoms with E-state index in [1.54, 1.807) is 0 Å². The Morgan fingerprint density at radius 1 is 0.441 bits per heavy atom. The first kappa shape index (κ1) is 57.5. The number of hydrogen-bond donors (Lipinski definition) is 2. The zero-order valence-corrected chi connectivity index (χ0v) is 39.6. The molecule has 0 amide bonds. The summed E-state index contributed by atoms with van der Waals surface area (Å²) < 4.78 is 26.5. The van der Waals surface area contributed by atoms with Gasteiger partial charge in [-0.05, 0) is 44.9 Å². The minimum Gasteiger partial charge on any atom is -0.462 e. The number of carbonyl (C=O) groups excluding carboxylic acids is 2. The number of allylic oxidation sites excluding steroid dienone is 4. The molecule has 0 aliphatic rings. The highest BCUT2D eigenvalue weighted by Gasteiger charge is 2.23. The van der Waals surface area contributed by atoms with Crippen molar-refractivity contribution in [3.8, 4) is 0 Å². The van der Waals surface area contributed by atoms with Gasteiger partial charge in [-0.25, -0.2) is 4.57 Å². The first-order chi connectivity index (χ1) is 28.8. The first-order valence-electron chi connectivity index (χ1n) is 25.1. The van der Waals surface area contributed by atoms with E-state index in [4.69, 9.17) is 19.3 Å². The van der Waals surface area contributed by atoms with E-state index in [0.29, 0.717) is 6.42 Å². The Kier molecular flexibility index (Phi) is 44.9. The normalized spacial score (nSPS) is 12.5. The molecule has 0 heterocycles. The molecule has 0 fully saturated rings. The summed E-state index contributed by atoms with van der Waals surface area (Å²) in [6, 6.07) is 0.